The summed E-state index contributed by atoms with van der Waals surface area (Å²) in [7, 11) is 0. The van der Waals surface area contributed by atoms with Crippen molar-refractivity contribution in [3.05, 3.63) is 53.6 Å². The lowest BCUT2D eigenvalue weighted by Gasteiger charge is -2.36. The largest absolute Gasteiger partial charge is 0.454 e. The van der Waals surface area contributed by atoms with Crippen LogP contribution in [0, 0.1) is 5.92 Å². The van der Waals surface area contributed by atoms with Gasteiger partial charge in [-0.15, -0.1) is 0 Å². The predicted octanol–water partition coefficient (Wildman–Crippen LogP) is 3.65. The van der Waals surface area contributed by atoms with Crippen molar-refractivity contribution in [3.8, 4) is 11.5 Å². The Bertz CT molecular complexity index is 1030. The summed E-state index contributed by atoms with van der Waals surface area (Å²) in [6.07, 6.45) is 4.64. The standard InChI is InChI=1S/C26H31N3O4/c1-17(25(30)28-22-8-4-6-18-5-2-3-7-21(18)22)29-13-11-19(12-14-29)26(31)27-20-9-10-23-24(15-20)33-16-32-23/h2-3,5,7,9-10,15,17,19,22H,4,6,8,11-14,16H2,1H3,(H,27,31)(H,28,30)/t17-,22-/m1/s1. The van der Waals surface area contributed by atoms with Gasteiger partial charge in [-0.3, -0.25) is 14.5 Å². The fraction of sp³-hybridized carbons (Fsp3) is 0.462. The predicted molar refractivity (Wildman–Crippen MR) is 125 cm³/mol. The first-order valence-electron chi connectivity index (χ1n) is 11.9. The van der Waals surface area contributed by atoms with Crippen LogP contribution in [0.25, 0.3) is 0 Å². The first-order valence-corrected chi connectivity index (χ1v) is 11.9. The average molecular weight is 450 g/mol. The minimum absolute atomic E-state index is 0.0180. The van der Waals surface area contributed by atoms with Gasteiger partial charge in [-0.2, -0.15) is 0 Å². The Morgan fingerprint density at radius 3 is 2.67 bits per heavy atom. The highest BCUT2D eigenvalue weighted by atomic mass is 16.7. The second-order valence-electron chi connectivity index (χ2n) is 9.20. The van der Waals surface area contributed by atoms with Gasteiger partial charge in [-0.05, 0) is 75.4 Å². The normalized spacial score (nSPS) is 21.2. The number of aryl methyl sites for hydroxylation is 1. The SMILES string of the molecule is C[C@H](C(=O)N[C@@H]1CCCc2ccccc21)N1CCC(C(=O)Nc2ccc3c(c2)OCO3)CC1. The molecule has 2 atom stereocenters. The lowest BCUT2D eigenvalue weighted by atomic mass is 9.87. The van der Waals surface area contributed by atoms with Crippen LogP contribution < -0.4 is 20.1 Å². The Labute approximate surface area is 194 Å². The molecule has 174 valence electrons. The van der Waals surface area contributed by atoms with Crippen LogP contribution in [-0.2, 0) is 16.0 Å². The lowest BCUT2D eigenvalue weighted by Crippen LogP contribution is -2.50. The van der Waals surface area contributed by atoms with E-state index in [1.54, 1.807) is 6.07 Å². The van der Waals surface area contributed by atoms with Crippen LogP contribution in [0.1, 0.15) is 49.8 Å². The van der Waals surface area contributed by atoms with Gasteiger partial charge in [-0.25, -0.2) is 0 Å². The number of carbonyl (C=O) groups is 2. The summed E-state index contributed by atoms with van der Waals surface area (Å²) < 4.78 is 10.7. The molecule has 33 heavy (non-hydrogen) atoms. The fourth-order valence-corrected chi connectivity index (χ4v) is 5.13. The zero-order chi connectivity index (χ0) is 22.8. The molecule has 2 aromatic rings. The molecule has 1 saturated heterocycles. The number of nitrogens with one attached hydrogen (secondary N) is 2. The molecular formula is C26H31N3O4. The van der Waals surface area contributed by atoms with Crippen LogP contribution in [0.2, 0.25) is 0 Å². The number of hydrogen-bond acceptors (Lipinski definition) is 5. The van der Waals surface area contributed by atoms with Crippen molar-refractivity contribution in [1.82, 2.24) is 10.2 Å². The molecule has 2 aliphatic heterocycles. The topological polar surface area (TPSA) is 79.9 Å². The number of anilines is 1. The smallest absolute Gasteiger partial charge is 0.237 e. The molecule has 2 N–H and O–H groups in total. The number of amides is 2. The zero-order valence-electron chi connectivity index (χ0n) is 19.0. The van der Waals surface area contributed by atoms with E-state index >= 15 is 0 Å². The summed E-state index contributed by atoms with van der Waals surface area (Å²) in [6.45, 7) is 3.64. The first kappa shape index (κ1) is 21.8. The maximum atomic E-state index is 13.0. The first-order chi connectivity index (χ1) is 16.1. The Balaban J connectivity index is 1.12. The van der Waals surface area contributed by atoms with E-state index in [1.807, 2.05) is 25.1 Å². The van der Waals surface area contributed by atoms with E-state index in [0.29, 0.717) is 17.2 Å². The van der Waals surface area contributed by atoms with E-state index in [4.69, 9.17) is 9.47 Å². The summed E-state index contributed by atoms with van der Waals surface area (Å²) in [6, 6.07) is 13.7. The molecule has 0 aromatic heterocycles. The van der Waals surface area contributed by atoms with Gasteiger partial charge in [0.1, 0.15) is 0 Å². The number of likely N-dealkylation sites (tertiary alicyclic amines) is 1. The van der Waals surface area contributed by atoms with Crippen LogP contribution in [0.3, 0.4) is 0 Å². The van der Waals surface area contributed by atoms with Gasteiger partial charge in [0.15, 0.2) is 11.5 Å². The molecule has 2 aromatic carbocycles. The molecule has 2 heterocycles. The molecule has 0 radical (unpaired) electrons. The third-order valence-corrected chi connectivity index (χ3v) is 7.15. The number of hydrogen-bond donors (Lipinski definition) is 2. The Hall–Kier alpha value is -3.06. The van der Waals surface area contributed by atoms with E-state index in [2.05, 4.69) is 33.7 Å². The van der Waals surface area contributed by atoms with E-state index in [-0.39, 0.29) is 36.6 Å². The van der Waals surface area contributed by atoms with Gasteiger partial charge in [0.05, 0.1) is 12.1 Å². The summed E-state index contributed by atoms with van der Waals surface area (Å²) in [5, 5.41) is 6.28. The highest BCUT2D eigenvalue weighted by Crippen LogP contribution is 2.34. The fourth-order valence-electron chi connectivity index (χ4n) is 5.13. The van der Waals surface area contributed by atoms with Crippen LogP contribution in [0.4, 0.5) is 5.69 Å². The van der Waals surface area contributed by atoms with Crippen molar-refractivity contribution in [1.29, 1.82) is 0 Å². The van der Waals surface area contributed by atoms with E-state index in [9.17, 15) is 9.59 Å². The second-order valence-corrected chi connectivity index (χ2v) is 9.20. The van der Waals surface area contributed by atoms with Crippen molar-refractivity contribution in [2.75, 3.05) is 25.2 Å². The molecular weight excluding hydrogens is 418 g/mol. The Morgan fingerprint density at radius 1 is 1.03 bits per heavy atom. The van der Waals surface area contributed by atoms with Crippen molar-refractivity contribution in [3.63, 3.8) is 0 Å². The monoisotopic (exact) mass is 449 g/mol. The summed E-state index contributed by atoms with van der Waals surface area (Å²) in [5.41, 5.74) is 3.31. The van der Waals surface area contributed by atoms with Gasteiger partial charge >= 0.3 is 0 Å². The highest BCUT2D eigenvalue weighted by Gasteiger charge is 2.31. The van der Waals surface area contributed by atoms with E-state index < -0.39 is 0 Å². The minimum atomic E-state index is -0.211. The third kappa shape index (κ3) is 4.69. The van der Waals surface area contributed by atoms with Gasteiger partial charge in [0.25, 0.3) is 0 Å². The number of benzene rings is 2. The van der Waals surface area contributed by atoms with E-state index in [0.717, 1.165) is 45.2 Å². The average Bonchev–Trinajstić information content (AvgIpc) is 3.32. The summed E-state index contributed by atoms with van der Waals surface area (Å²) >= 11 is 0. The molecule has 0 saturated carbocycles. The molecule has 1 fully saturated rings. The van der Waals surface area contributed by atoms with Gasteiger partial charge < -0.3 is 20.1 Å². The molecule has 5 rings (SSSR count). The quantitative estimate of drug-likeness (QED) is 0.729. The van der Waals surface area contributed by atoms with Crippen molar-refractivity contribution in [2.24, 2.45) is 5.92 Å². The molecule has 7 nitrogen and oxygen atoms in total. The molecule has 1 aliphatic carbocycles. The van der Waals surface area contributed by atoms with Gasteiger partial charge in [-0.1, -0.05) is 24.3 Å². The molecule has 0 unspecified atom stereocenters. The van der Waals surface area contributed by atoms with Gasteiger partial charge in [0.2, 0.25) is 18.6 Å². The molecule has 0 spiro atoms. The number of fused-ring (bicyclic) bond motifs is 2. The van der Waals surface area contributed by atoms with Crippen LogP contribution >= 0.6 is 0 Å². The number of carbonyl (C=O) groups excluding carboxylic acids is 2. The molecule has 7 heteroatoms. The number of piperidine rings is 1. The maximum absolute atomic E-state index is 13.0. The van der Waals surface area contributed by atoms with Gasteiger partial charge in [0, 0.05) is 17.7 Å². The number of rotatable bonds is 5. The number of nitrogens with zero attached hydrogens (tertiary/aromatic N) is 1. The summed E-state index contributed by atoms with van der Waals surface area (Å²) in [5.74, 6) is 1.38. The molecule has 0 bridgehead atoms. The van der Waals surface area contributed by atoms with Crippen molar-refractivity contribution >= 4 is 17.5 Å². The van der Waals surface area contributed by atoms with Crippen LogP contribution in [0.15, 0.2) is 42.5 Å². The summed E-state index contributed by atoms with van der Waals surface area (Å²) in [4.78, 5) is 28.0. The number of ether oxygens (including phenoxy) is 2. The zero-order valence-corrected chi connectivity index (χ0v) is 19.0. The van der Waals surface area contributed by atoms with E-state index in [1.165, 1.54) is 11.1 Å². The maximum Gasteiger partial charge on any atom is 0.237 e. The van der Waals surface area contributed by atoms with Crippen LogP contribution in [0.5, 0.6) is 11.5 Å². The second kappa shape index (κ2) is 9.43. The lowest BCUT2D eigenvalue weighted by molar-refractivity contribution is -0.127. The Kier molecular flexibility index (Phi) is 6.22. The third-order valence-electron chi connectivity index (χ3n) is 7.15. The highest BCUT2D eigenvalue weighted by molar-refractivity contribution is 5.93. The van der Waals surface area contributed by atoms with Crippen molar-refractivity contribution < 1.29 is 19.1 Å². The molecule has 3 aliphatic rings. The molecule has 2 amide bonds. The van der Waals surface area contributed by atoms with Crippen LogP contribution in [-0.4, -0.2) is 42.6 Å². The minimum Gasteiger partial charge on any atom is -0.454 e. The Morgan fingerprint density at radius 2 is 1.82 bits per heavy atom. The van der Waals surface area contributed by atoms with Crippen molar-refractivity contribution in [2.45, 2.75) is 51.1 Å².